The zero-order chi connectivity index (χ0) is 19.2. The predicted molar refractivity (Wildman–Crippen MR) is 95.9 cm³/mol. The molecule has 4 rings (SSSR count). The average molecular weight is 393 g/mol. The maximum atomic E-state index is 13.9. The molecule has 6 nitrogen and oxygen atoms in total. The van der Waals surface area contributed by atoms with Crippen LogP contribution in [-0.2, 0) is 10.0 Å². The number of rotatable bonds is 3. The Hall–Kier alpha value is -2.52. The Morgan fingerprint density at radius 3 is 2.26 bits per heavy atom. The lowest BCUT2D eigenvalue weighted by molar-refractivity contribution is 0.273. The molecule has 2 heterocycles. The minimum absolute atomic E-state index is 0.0761. The second-order valence-corrected chi connectivity index (χ2v) is 8.38. The SMILES string of the molecule is O=c1[nH]c2ccccc2n1C1CCN(S(=O)(=O)c2c(F)cccc2F)CC1. The third-order valence-electron chi connectivity index (χ3n) is 4.93. The van der Waals surface area contributed by atoms with Crippen LogP contribution in [0.15, 0.2) is 52.2 Å². The monoisotopic (exact) mass is 393 g/mol. The van der Waals surface area contributed by atoms with Crippen LogP contribution in [0.5, 0.6) is 0 Å². The number of halogens is 2. The van der Waals surface area contributed by atoms with Crippen molar-refractivity contribution in [3.63, 3.8) is 0 Å². The number of H-pyrrole nitrogens is 1. The Morgan fingerprint density at radius 1 is 0.963 bits per heavy atom. The number of aromatic nitrogens is 2. The average Bonchev–Trinajstić information content (AvgIpc) is 2.97. The lowest BCUT2D eigenvalue weighted by atomic mass is 10.1. The fraction of sp³-hybridized carbons (Fsp3) is 0.278. The first kappa shape index (κ1) is 17.9. The van der Waals surface area contributed by atoms with E-state index in [0.29, 0.717) is 18.4 Å². The summed E-state index contributed by atoms with van der Waals surface area (Å²) >= 11 is 0. The van der Waals surface area contributed by atoms with Crippen LogP contribution in [-0.4, -0.2) is 35.4 Å². The summed E-state index contributed by atoms with van der Waals surface area (Å²) in [5, 5.41) is 0. The van der Waals surface area contributed by atoms with Gasteiger partial charge in [-0.2, -0.15) is 4.31 Å². The molecular weight excluding hydrogens is 376 g/mol. The molecular formula is C18H17F2N3O3S. The number of nitrogens with one attached hydrogen (secondary N) is 1. The fourth-order valence-corrected chi connectivity index (χ4v) is 5.21. The maximum absolute atomic E-state index is 13.9. The van der Waals surface area contributed by atoms with Gasteiger partial charge in [0.25, 0.3) is 0 Å². The van der Waals surface area contributed by atoms with E-state index in [1.165, 1.54) is 0 Å². The highest BCUT2D eigenvalue weighted by Crippen LogP contribution is 2.30. The first-order chi connectivity index (χ1) is 12.9. The van der Waals surface area contributed by atoms with Crippen molar-refractivity contribution in [2.24, 2.45) is 0 Å². The molecule has 1 N–H and O–H groups in total. The molecule has 0 atom stereocenters. The number of hydrogen-bond donors (Lipinski definition) is 1. The molecule has 0 aliphatic carbocycles. The topological polar surface area (TPSA) is 75.2 Å². The molecule has 1 aliphatic rings. The minimum Gasteiger partial charge on any atom is -0.306 e. The summed E-state index contributed by atoms with van der Waals surface area (Å²) in [4.78, 5) is 14.2. The zero-order valence-corrected chi connectivity index (χ0v) is 15.0. The van der Waals surface area contributed by atoms with E-state index in [0.717, 1.165) is 28.0 Å². The largest absolute Gasteiger partial charge is 0.326 e. The van der Waals surface area contributed by atoms with Crippen LogP contribution in [0, 0.1) is 11.6 Å². The smallest absolute Gasteiger partial charge is 0.306 e. The second-order valence-electron chi connectivity index (χ2n) is 6.50. The van der Waals surface area contributed by atoms with Gasteiger partial charge in [0.1, 0.15) is 11.6 Å². The molecule has 0 spiro atoms. The standard InChI is InChI=1S/C18H17F2N3O3S/c19-13-4-3-5-14(20)17(13)27(25,26)22-10-8-12(9-11-22)23-16-7-2-1-6-15(16)21-18(23)24/h1-7,12H,8-11H2,(H,21,24). The minimum atomic E-state index is -4.28. The fourth-order valence-electron chi connectivity index (χ4n) is 3.64. The number of nitrogens with zero attached hydrogens (tertiary/aromatic N) is 2. The Labute approximate surface area is 154 Å². The van der Waals surface area contributed by atoms with Crippen LogP contribution >= 0.6 is 0 Å². The predicted octanol–water partition coefficient (Wildman–Crippen LogP) is 2.63. The van der Waals surface area contributed by atoms with Crippen LogP contribution < -0.4 is 5.69 Å². The van der Waals surface area contributed by atoms with Crippen molar-refractivity contribution in [3.05, 3.63) is 64.6 Å². The highest BCUT2D eigenvalue weighted by atomic mass is 32.2. The summed E-state index contributed by atoms with van der Waals surface area (Å²) in [6.45, 7) is 0.152. The van der Waals surface area contributed by atoms with Crippen molar-refractivity contribution in [1.29, 1.82) is 0 Å². The van der Waals surface area contributed by atoms with E-state index in [9.17, 15) is 22.0 Å². The van der Waals surface area contributed by atoms with Crippen molar-refractivity contribution in [2.45, 2.75) is 23.8 Å². The molecule has 0 saturated carbocycles. The highest BCUT2D eigenvalue weighted by Gasteiger charge is 2.34. The highest BCUT2D eigenvalue weighted by molar-refractivity contribution is 7.89. The summed E-state index contributed by atoms with van der Waals surface area (Å²) in [6.07, 6.45) is 0.744. The second kappa shape index (κ2) is 6.58. The van der Waals surface area contributed by atoms with Gasteiger partial charge in [-0.15, -0.1) is 0 Å². The van der Waals surface area contributed by atoms with Gasteiger partial charge in [-0.05, 0) is 37.1 Å². The summed E-state index contributed by atoms with van der Waals surface area (Å²) in [5.74, 6) is -2.21. The molecule has 1 aromatic heterocycles. The van der Waals surface area contributed by atoms with E-state index in [-0.39, 0.29) is 24.8 Å². The van der Waals surface area contributed by atoms with Gasteiger partial charge in [-0.1, -0.05) is 18.2 Å². The van der Waals surface area contributed by atoms with Crippen molar-refractivity contribution in [1.82, 2.24) is 13.9 Å². The van der Waals surface area contributed by atoms with Crippen molar-refractivity contribution < 1.29 is 17.2 Å². The summed E-state index contributed by atoms with van der Waals surface area (Å²) in [6, 6.07) is 10.1. The van der Waals surface area contributed by atoms with Crippen LogP contribution in [0.3, 0.4) is 0 Å². The third-order valence-corrected chi connectivity index (χ3v) is 6.88. The number of sulfonamides is 1. The van der Waals surface area contributed by atoms with Crippen LogP contribution in [0.25, 0.3) is 11.0 Å². The molecule has 142 valence electrons. The van der Waals surface area contributed by atoms with Crippen LogP contribution in [0.1, 0.15) is 18.9 Å². The van der Waals surface area contributed by atoms with Crippen LogP contribution in [0.4, 0.5) is 8.78 Å². The Kier molecular flexibility index (Phi) is 4.35. The van der Waals surface area contributed by atoms with E-state index in [2.05, 4.69) is 4.98 Å². The van der Waals surface area contributed by atoms with Gasteiger partial charge in [-0.3, -0.25) is 4.57 Å². The molecule has 2 aromatic carbocycles. The van der Waals surface area contributed by atoms with Gasteiger partial charge >= 0.3 is 5.69 Å². The van der Waals surface area contributed by atoms with E-state index in [1.807, 2.05) is 18.2 Å². The zero-order valence-electron chi connectivity index (χ0n) is 14.2. The lowest BCUT2D eigenvalue weighted by Crippen LogP contribution is -2.41. The first-order valence-corrected chi connectivity index (χ1v) is 9.97. The number of imidazole rings is 1. The summed E-state index contributed by atoms with van der Waals surface area (Å²) in [7, 11) is -4.28. The Morgan fingerprint density at radius 2 is 1.59 bits per heavy atom. The van der Waals surface area contributed by atoms with E-state index < -0.39 is 26.6 Å². The molecule has 0 amide bonds. The number of hydrogen-bond acceptors (Lipinski definition) is 3. The molecule has 27 heavy (non-hydrogen) atoms. The Balaban J connectivity index is 1.60. The van der Waals surface area contributed by atoms with E-state index in [4.69, 9.17) is 0 Å². The Bertz CT molecular complexity index is 1140. The van der Waals surface area contributed by atoms with Gasteiger partial charge < -0.3 is 4.98 Å². The van der Waals surface area contributed by atoms with Gasteiger partial charge in [-0.25, -0.2) is 22.0 Å². The molecule has 1 aliphatic heterocycles. The molecule has 1 saturated heterocycles. The molecule has 9 heteroatoms. The van der Waals surface area contributed by atoms with E-state index in [1.54, 1.807) is 10.6 Å². The van der Waals surface area contributed by atoms with Gasteiger partial charge in [0.05, 0.1) is 11.0 Å². The molecule has 3 aromatic rings. The van der Waals surface area contributed by atoms with Gasteiger partial charge in [0, 0.05) is 19.1 Å². The quantitative estimate of drug-likeness (QED) is 0.743. The van der Waals surface area contributed by atoms with Crippen molar-refractivity contribution in [3.8, 4) is 0 Å². The number of piperidine rings is 1. The van der Waals surface area contributed by atoms with Crippen molar-refractivity contribution >= 4 is 21.1 Å². The third kappa shape index (κ3) is 2.96. The first-order valence-electron chi connectivity index (χ1n) is 8.53. The van der Waals surface area contributed by atoms with Gasteiger partial charge in [0.15, 0.2) is 4.90 Å². The molecule has 0 radical (unpaired) electrons. The van der Waals surface area contributed by atoms with Gasteiger partial charge in [0.2, 0.25) is 10.0 Å². The summed E-state index contributed by atoms with van der Waals surface area (Å²) in [5.41, 5.74) is 1.22. The van der Waals surface area contributed by atoms with Crippen molar-refractivity contribution in [2.75, 3.05) is 13.1 Å². The normalized spacial score (nSPS) is 16.8. The number of para-hydroxylation sites is 2. The maximum Gasteiger partial charge on any atom is 0.326 e. The molecule has 0 unspecified atom stereocenters. The molecule has 0 bridgehead atoms. The van der Waals surface area contributed by atoms with E-state index >= 15 is 0 Å². The number of benzene rings is 2. The number of fused-ring (bicyclic) bond motifs is 1. The lowest BCUT2D eigenvalue weighted by Gasteiger charge is -2.31. The van der Waals surface area contributed by atoms with Crippen LogP contribution in [0.2, 0.25) is 0 Å². The number of aromatic amines is 1. The summed E-state index contributed by atoms with van der Waals surface area (Å²) < 4.78 is 55.9. The molecule has 1 fully saturated rings.